The molecule has 7 nitrogen and oxygen atoms in total. The van der Waals surface area contributed by atoms with E-state index in [1.807, 2.05) is 47.8 Å². The zero-order valence-corrected chi connectivity index (χ0v) is 14.9. The summed E-state index contributed by atoms with van der Waals surface area (Å²) in [5, 5.41) is 2.81. The molecule has 0 bridgehead atoms. The molecule has 1 N–H and O–H groups in total. The summed E-state index contributed by atoms with van der Waals surface area (Å²) >= 11 is 0. The number of ether oxygens (including phenoxy) is 1. The molecular formula is C19H20N4O3. The number of fused-ring (bicyclic) bond motifs is 1. The number of carbonyl (C=O) groups is 2. The highest BCUT2D eigenvalue weighted by molar-refractivity contribution is 6.04. The van der Waals surface area contributed by atoms with Gasteiger partial charge in [0.1, 0.15) is 5.65 Å². The molecule has 3 aromatic rings. The van der Waals surface area contributed by atoms with Crippen molar-refractivity contribution in [3.8, 4) is 0 Å². The van der Waals surface area contributed by atoms with Gasteiger partial charge in [0.15, 0.2) is 5.69 Å². The van der Waals surface area contributed by atoms with Crippen LogP contribution in [0.3, 0.4) is 0 Å². The lowest BCUT2D eigenvalue weighted by molar-refractivity contribution is 0.0600. The Balaban J connectivity index is 1.94. The van der Waals surface area contributed by atoms with Gasteiger partial charge in [0.25, 0.3) is 5.91 Å². The van der Waals surface area contributed by atoms with Crippen LogP contribution in [0, 0.1) is 0 Å². The maximum absolute atomic E-state index is 12.8. The van der Waals surface area contributed by atoms with Crippen molar-refractivity contribution in [2.24, 2.45) is 0 Å². The number of imidazole rings is 1. The number of carbonyl (C=O) groups excluding carboxylic acids is 2. The zero-order valence-electron chi connectivity index (χ0n) is 14.9. The van der Waals surface area contributed by atoms with Crippen LogP contribution >= 0.6 is 0 Å². The molecule has 0 aliphatic heterocycles. The van der Waals surface area contributed by atoms with Crippen LogP contribution in [-0.2, 0) is 11.3 Å². The van der Waals surface area contributed by atoms with E-state index in [4.69, 9.17) is 4.74 Å². The molecule has 134 valence electrons. The van der Waals surface area contributed by atoms with Crippen molar-refractivity contribution in [1.82, 2.24) is 14.3 Å². The van der Waals surface area contributed by atoms with E-state index in [2.05, 4.69) is 10.3 Å². The third-order valence-electron chi connectivity index (χ3n) is 3.85. The summed E-state index contributed by atoms with van der Waals surface area (Å²) in [5.74, 6) is -0.783. The maximum Gasteiger partial charge on any atom is 0.337 e. The van der Waals surface area contributed by atoms with Crippen molar-refractivity contribution in [3.05, 3.63) is 65.6 Å². The highest BCUT2D eigenvalue weighted by Gasteiger charge is 2.19. The molecule has 0 unspecified atom stereocenters. The number of methoxy groups -OCH3 is 1. The van der Waals surface area contributed by atoms with Crippen LogP contribution in [0.5, 0.6) is 0 Å². The first-order valence-electron chi connectivity index (χ1n) is 8.10. The second-order valence-corrected chi connectivity index (χ2v) is 6.10. The van der Waals surface area contributed by atoms with Crippen LogP contribution in [-0.4, -0.2) is 47.4 Å². The minimum atomic E-state index is -0.456. The second kappa shape index (κ2) is 7.37. The molecule has 0 aliphatic carbocycles. The topological polar surface area (TPSA) is 75.9 Å². The van der Waals surface area contributed by atoms with Gasteiger partial charge in [-0.15, -0.1) is 0 Å². The lowest BCUT2D eigenvalue weighted by Crippen LogP contribution is -2.19. The molecule has 2 heterocycles. The fourth-order valence-electron chi connectivity index (χ4n) is 2.71. The van der Waals surface area contributed by atoms with E-state index >= 15 is 0 Å². The maximum atomic E-state index is 12.8. The van der Waals surface area contributed by atoms with Gasteiger partial charge in [0.05, 0.1) is 18.4 Å². The largest absolute Gasteiger partial charge is 0.465 e. The standard InChI is InChI=1S/C19H20N4O3/c1-22(2)12-15-17(21-16-9-4-5-10-23(15)16)18(24)20-14-8-6-7-13(11-14)19(25)26-3/h4-11H,12H2,1-3H3,(H,20,24). The normalized spacial score (nSPS) is 10.9. The number of benzene rings is 1. The predicted molar refractivity (Wildman–Crippen MR) is 98.3 cm³/mol. The van der Waals surface area contributed by atoms with E-state index in [0.717, 1.165) is 5.69 Å². The number of anilines is 1. The SMILES string of the molecule is COC(=O)c1cccc(NC(=O)c2nc3ccccn3c2CN(C)C)c1. The van der Waals surface area contributed by atoms with E-state index in [0.29, 0.717) is 29.1 Å². The Labute approximate surface area is 151 Å². The number of rotatable bonds is 5. The smallest absolute Gasteiger partial charge is 0.337 e. The first kappa shape index (κ1) is 17.6. The summed E-state index contributed by atoms with van der Waals surface area (Å²) in [7, 11) is 5.19. The van der Waals surface area contributed by atoms with E-state index in [1.165, 1.54) is 7.11 Å². The Morgan fingerprint density at radius 2 is 2.00 bits per heavy atom. The molecule has 0 saturated heterocycles. The molecule has 26 heavy (non-hydrogen) atoms. The van der Waals surface area contributed by atoms with Gasteiger partial charge < -0.3 is 19.4 Å². The summed E-state index contributed by atoms with van der Waals surface area (Å²) in [4.78, 5) is 30.9. The number of aromatic nitrogens is 2. The minimum absolute atomic E-state index is 0.326. The van der Waals surface area contributed by atoms with Crippen LogP contribution in [0.25, 0.3) is 5.65 Å². The number of esters is 1. The Kier molecular flexibility index (Phi) is 4.99. The fourth-order valence-corrected chi connectivity index (χ4v) is 2.71. The number of pyridine rings is 1. The summed E-state index contributed by atoms with van der Waals surface area (Å²) in [6.07, 6.45) is 1.88. The number of nitrogens with one attached hydrogen (secondary N) is 1. The zero-order chi connectivity index (χ0) is 18.7. The molecule has 7 heteroatoms. The van der Waals surface area contributed by atoms with E-state index in [9.17, 15) is 9.59 Å². The first-order chi connectivity index (χ1) is 12.5. The second-order valence-electron chi connectivity index (χ2n) is 6.10. The third-order valence-corrected chi connectivity index (χ3v) is 3.85. The number of amides is 1. The summed E-state index contributed by atoms with van der Waals surface area (Å²) in [5.41, 5.74) is 2.73. The lowest BCUT2D eigenvalue weighted by atomic mass is 10.2. The molecule has 0 radical (unpaired) electrons. The monoisotopic (exact) mass is 352 g/mol. The van der Waals surface area contributed by atoms with Crippen molar-refractivity contribution in [3.63, 3.8) is 0 Å². The summed E-state index contributed by atoms with van der Waals surface area (Å²) in [6.45, 7) is 0.566. The van der Waals surface area contributed by atoms with Gasteiger partial charge in [-0.25, -0.2) is 9.78 Å². The van der Waals surface area contributed by atoms with Crippen LogP contribution in [0.15, 0.2) is 48.7 Å². The van der Waals surface area contributed by atoms with Crippen molar-refractivity contribution in [1.29, 1.82) is 0 Å². The van der Waals surface area contributed by atoms with Crippen molar-refractivity contribution < 1.29 is 14.3 Å². The third kappa shape index (κ3) is 3.57. The Morgan fingerprint density at radius 3 is 2.73 bits per heavy atom. The highest BCUT2D eigenvalue weighted by Crippen LogP contribution is 2.17. The average molecular weight is 352 g/mol. The van der Waals surface area contributed by atoms with Gasteiger partial charge in [-0.1, -0.05) is 12.1 Å². The van der Waals surface area contributed by atoms with Gasteiger partial charge in [0, 0.05) is 18.4 Å². The van der Waals surface area contributed by atoms with Gasteiger partial charge in [0.2, 0.25) is 0 Å². The molecule has 3 rings (SSSR count). The van der Waals surface area contributed by atoms with Gasteiger partial charge in [-0.3, -0.25) is 4.79 Å². The molecule has 0 aliphatic rings. The average Bonchev–Trinajstić information content (AvgIpc) is 2.99. The van der Waals surface area contributed by atoms with Crippen molar-refractivity contribution in [2.75, 3.05) is 26.5 Å². The van der Waals surface area contributed by atoms with E-state index in [1.54, 1.807) is 24.3 Å². The molecule has 0 atom stereocenters. The Hall–Kier alpha value is -3.19. The number of hydrogen-bond donors (Lipinski definition) is 1. The van der Waals surface area contributed by atoms with Gasteiger partial charge in [-0.2, -0.15) is 0 Å². The van der Waals surface area contributed by atoms with Gasteiger partial charge in [-0.05, 0) is 44.4 Å². The van der Waals surface area contributed by atoms with Crippen molar-refractivity contribution >= 4 is 23.2 Å². The Bertz CT molecular complexity index is 962. The quantitative estimate of drug-likeness (QED) is 0.714. The van der Waals surface area contributed by atoms with E-state index < -0.39 is 5.97 Å². The molecule has 1 amide bonds. The minimum Gasteiger partial charge on any atom is -0.465 e. The molecule has 2 aromatic heterocycles. The first-order valence-corrected chi connectivity index (χ1v) is 8.10. The van der Waals surface area contributed by atoms with Crippen LogP contribution < -0.4 is 5.32 Å². The molecular weight excluding hydrogens is 332 g/mol. The number of hydrogen-bond acceptors (Lipinski definition) is 5. The molecule has 0 saturated carbocycles. The predicted octanol–water partition coefficient (Wildman–Crippen LogP) is 2.43. The molecule has 0 spiro atoms. The van der Waals surface area contributed by atoms with Crippen LogP contribution in [0.2, 0.25) is 0 Å². The van der Waals surface area contributed by atoms with Crippen LogP contribution in [0.1, 0.15) is 26.5 Å². The summed E-state index contributed by atoms with van der Waals surface area (Å²) < 4.78 is 6.61. The van der Waals surface area contributed by atoms with Gasteiger partial charge >= 0.3 is 5.97 Å². The summed E-state index contributed by atoms with van der Waals surface area (Å²) in [6, 6.07) is 12.2. The van der Waals surface area contributed by atoms with Crippen LogP contribution in [0.4, 0.5) is 5.69 Å². The molecule has 1 aromatic carbocycles. The number of nitrogens with zero attached hydrogens (tertiary/aromatic N) is 3. The van der Waals surface area contributed by atoms with Crippen molar-refractivity contribution in [2.45, 2.75) is 6.54 Å². The fraction of sp³-hybridized carbons (Fsp3) is 0.211. The Morgan fingerprint density at radius 1 is 1.19 bits per heavy atom. The highest BCUT2D eigenvalue weighted by atomic mass is 16.5. The lowest BCUT2D eigenvalue weighted by Gasteiger charge is -2.11. The molecule has 0 fully saturated rings. The van der Waals surface area contributed by atoms with E-state index in [-0.39, 0.29) is 5.91 Å².